The molecule has 0 aliphatic carbocycles. The molecule has 1 aromatic carbocycles. The molecule has 0 aliphatic heterocycles. The highest BCUT2D eigenvalue weighted by Gasteiger charge is 2.23. The summed E-state index contributed by atoms with van der Waals surface area (Å²) in [5.41, 5.74) is 0.765. The first-order chi connectivity index (χ1) is 10.7. The smallest absolute Gasteiger partial charge is 0.293 e. The zero-order valence-corrected chi connectivity index (χ0v) is 13.7. The molecule has 0 bridgehead atoms. The van der Waals surface area contributed by atoms with Gasteiger partial charge in [0.15, 0.2) is 0 Å². The Morgan fingerprint density at radius 1 is 1.17 bits per heavy atom. The largest absolute Gasteiger partial charge is 0.392 e. The summed E-state index contributed by atoms with van der Waals surface area (Å²) in [6, 6.07) is 4.72. The van der Waals surface area contributed by atoms with Crippen LogP contribution in [0.5, 0.6) is 0 Å². The fourth-order valence-electron chi connectivity index (χ4n) is 2.41. The Hall–Kier alpha value is -2.37. The maximum Gasteiger partial charge on any atom is 0.293 e. The molecular weight excluding hydrogens is 300 g/mol. The Morgan fingerprint density at radius 2 is 1.65 bits per heavy atom. The average Bonchev–Trinajstić information content (AvgIpc) is 2.44. The summed E-state index contributed by atoms with van der Waals surface area (Å²) in [7, 11) is 3.34. The van der Waals surface area contributed by atoms with Crippen molar-refractivity contribution in [1.29, 1.82) is 5.26 Å². The maximum absolute atomic E-state index is 11.3. The number of anilines is 2. The van der Waals surface area contributed by atoms with Crippen LogP contribution in [0.15, 0.2) is 12.1 Å². The number of hydrogen-bond donors (Lipinski definition) is 2. The van der Waals surface area contributed by atoms with Crippen LogP contribution in [0.3, 0.4) is 0 Å². The van der Waals surface area contributed by atoms with E-state index >= 15 is 0 Å². The first-order valence-electron chi connectivity index (χ1n) is 7.18. The van der Waals surface area contributed by atoms with Crippen molar-refractivity contribution in [1.82, 2.24) is 0 Å². The van der Waals surface area contributed by atoms with Gasteiger partial charge in [-0.05, 0) is 19.9 Å². The van der Waals surface area contributed by atoms with Gasteiger partial charge in [-0.1, -0.05) is 0 Å². The van der Waals surface area contributed by atoms with Gasteiger partial charge in [-0.2, -0.15) is 5.26 Å². The van der Waals surface area contributed by atoms with Crippen LogP contribution >= 0.6 is 0 Å². The van der Waals surface area contributed by atoms with Crippen molar-refractivity contribution in [2.24, 2.45) is 0 Å². The van der Waals surface area contributed by atoms with Gasteiger partial charge in [0.2, 0.25) is 0 Å². The summed E-state index contributed by atoms with van der Waals surface area (Å²) in [4.78, 5) is 14.0. The highest BCUT2D eigenvalue weighted by Crippen LogP contribution is 2.35. The number of aliphatic hydroxyl groups excluding tert-OH is 2. The molecule has 23 heavy (non-hydrogen) atoms. The average molecular weight is 322 g/mol. The molecule has 8 heteroatoms. The van der Waals surface area contributed by atoms with Gasteiger partial charge in [0.1, 0.15) is 11.8 Å². The molecule has 0 aromatic heterocycles. The van der Waals surface area contributed by atoms with Gasteiger partial charge >= 0.3 is 0 Å². The van der Waals surface area contributed by atoms with Crippen molar-refractivity contribution in [3.05, 3.63) is 27.8 Å². The number of nitrogens with zero attached hydrogens (tertiary/aromatic N) is 4. The second-order valence-electron chi connectivity index (χ2n) is 5.69. The number of benzene rings is 1. The van der Waals surface area contributed by atoms with Gasteiger partial charge in [-0.15, -0.1) is 0 Å². The highest BCUT2D eigenvalue weighted by atomic mass is 16.6. The third-order valence-corrected chi connectivity index (χ3v) is 3.31. The van der Waals surface area contributed by atoms with Gasteiger partial charge in [0.25, 0.3) is 5.69 Å². The maximum atomic E-state index is 11.3. The summed E-state index contributed by atoms with van der Waals surface area (Å²) >= 11 is 0. The van der Waals surface area contributed by atoms with E-state index in [-0.39, 0.29) is 24.3 Å². The van der Waals surface area contributed by atoms with Crippen molar-refractivity contribution in [3.8, 4) is 6.07 Å². The summed E-state index contributed by atoms with van der Waals surface area (Å²) in [6.45, 7) is 3.71. The van der Waals surface area contributed by atoms with Gasteiger partial charge < -0.3 is 20.0 Å². The molecule has 2 atom stereocenters. The topological polar surface area (TPSA) is 114 Å². The predicted octanol–water partition coefficient (Wildman–Crippen LogP) is 1.10. The van der Waals surface area contributed by atoms with Gasteiger partial charge in [0, 0.05) is 33.3 Å². The molecule has 8 nitrogen and oxygen atoms in total. The van der Waals surface area contributed by atoms with Gasteiger partial charge in [-0.3, -0.25) is 10.1 Å². The van der Waals surface area contributed by atoms with E-state index in [4.69, 9.17) is 0 Å². The fraction of sp³-hybridized carbons (Fsp3) is 0.533. The first-order valence-corrected chi connectivity index (χ1v) is 7.18. The van der Waals surface area contributed by atoms with E-state index in [0.717, 1.165) is 0 Å². The summed E-state index contributed by atoms with van der Waals surface area (Å²) in [5.74, 6) is 0. The van der Waals surface area contributed by atoms with Crippen molar-refractivity contribution in [2.45, 2.75) is 26.1 Å². The van der Waals surface area contributed by atoms with Crippen molar-refractivity contribution < 1.29 is 15.1 Å². The molecular formula is C15H22N4O4. The molecule has 0 saturated heterocycles. The summed E-state index contributed by atoms with van der Waals surface area (Å²) in [6.07, 6.45) is -1.27. The summed E-state index contributed by atoms with van der Waals surface area (Å²) < 4.78 is 0. The van der Waals surface area contributed by atoms with Crippen LogP contribution < -0.4 is 9.80 Å². The molecule has 0 amide bonds. The van der Waals surface area contributed by atoms with Crippen LogP contribution in [0.2, 0.25) is 0 Å². The van der Waals surface area contributed by atoms with Crippen molar-refractivity contribution >= 4 is 17.1 Å². The van der Waals surface area contributed by atoms with E-state index in [1.165, 1.54) is 6.07 Å². The van der Waals surface area contributed by atoms with E-state index in [1.54, 1.807) is 43.8 Å². The Balaban J connectivity index is 3.42. The van der Waals surface area contributed by atoms with Crippen molar-refractivity contribution in [2.75, 3.05) is 37.0 Å². The zero-order chi connectivity index (χ0) is 17.7. The molecule has 0 fully saturated rings. The van der Waals surface area contributed by atoms with Gasteiger partial charge in [0.05, 0.1) is 28.4 Å². The van der Waals surface area contributed by atoms with Crippen molar-refractivity contribution in [3.63, 3.8) is 0 Å². The van der Waals surface area contributed by atoms with E-state index in [9.17, 15) is 25.6 Å². The highest BCUT2D eigenvalue weighted by molar-refractivity contribution is 5.75. The van der Waals surface area contributed by atoms with E-state index < -0.39 is 17.1 Å². The molecule has 1 rings (SSSR count). The quantitative estimate of drug-likeness (QED) is 0.570. The molecule has 2 N–H and O–H groups in total. The minimum atomic E-state index is -0.658. The van der Waals surface area contributed by atoms with Crippen LogP contribution in [0.1, 0.15) is 19.4 Å². The third-order valence-electron chi connectivity index (χ3n) is 3.31. The first kappa shape index (κ1) is 18.7. The van der Waals surface area contributed by atoms with Crippen LogP contribution in [-0.4, -0.2) is 54.5 Å². The molecule has 1 aromatic rings. The predicted molar refractivity (Wildman–Crippen MR) is 87.7 cm³/mol. The van der Waals surface area contributed by atoms with E-state index in [1.807, 2.05) is 6.07 Å². The fourth-order valence-corrected chi connectivity index (χ4v) is 2.41. The van der Waals surface area contributed by atoms with E-state index in [2.05, 4.69) is 0 Å². The SMILES string of the molecule is CC(O)CN(C)c1cc(N(C)CC(C)O)c([N+](=O)[O-])cc1C#N. The Labute approximate surface area is 135 Å². The molecule has 2 unspecified atom stereocenters. The molecule has 0 spiro atoms. The normalized spacial score (nSPS) is 13.1. The van der Waals surface area contributed by atoms with Gasteiger partial charge in [-0.25, -0.2) is 0 Å². The monoisotopic (exact) mass is 322 g/mol. The Bertz CT molecular complexity index is 610. The lowest BCUT2D eigenvalue weighted by molar-refractivity contribution is -0.384. The van der Waals surface area contributed by atoms with Crippen LogP contribution in [0, 0.1) is 21.4 Å². The number of hydrogen-bond acceptors (Lipinski definition) is 7. The van der Waals surface area contributed by atoms with Crippen LogP contribution in [0.25, 0.3) is 0 Å². The molecule has 0 aliphatic rings. The zero-order valence-electron chi connectivity index (χ0n) is 13.7. The summed E-state index contributed by atoms with van der Waals surface area (Å²) in [5, 5.41) is 39.6. The second-order valence-corrected chi connectivity index (χ2v) is 5.69. The lowest BCUT2D eigenvalue weighted by Gasteiger charge is -2.26. The number of likely N-dealkylation sites (N-methyl/N-ethyl adjacent to an activating group) is 2. The number of rotatable bonds is 7. The lowest BCUT2D eigenvalue weighted by Crippen LogP contribution is -2.29. The molecule has 0 heterocycles. The standard InChI is InChI=1S/C15H22N4O4/c1-10(20)8-17(3)13-6-14(18(4)9-11(2)21)15(19(22)23)5-12(13)7-16/h5-6,10-11,20-21H,8-9H2,1-4H3. The Morgan fingerprint density at radius 3 is 2.04 bits per heavy atom. The molecule has 0 radical (unpaired) electrons. The number of aliphatic hydroxyl groups is 2. The van der Waals surface area contributed by atoms with Crippen LogP contribution in [-0.2, 0) is 0 Å². The molecule has 126 valence electrons. The molecule has 0 saturated carbocycles. The number of nitriles is 1. The second kappa shape index (κ2) is 7.76. The third kappa shape index (κ3) is 4.81. The minimum Gasteiger partial charge on any atom is -0.392 e. The van der Waals surface area contributed by atoms with Crippen LogP contribution in [0.4, 0.5) is 17.1 Å². The number of nitro groups is 1. The number of nitro benzene ring substituents is 1. The lowest BCUT2D eigenvalue weighted by atomic mass is 10.1. The van der Waals surface area contributed by atoms with E-state index in [0.29, 0.717) is 11.4 Å². The minimum absolute atomic E-state index is 0.161. The Kier molecular flexibility index (Phi) is 6.30.